The van der Waals surface area contributed by atoms with Crippen LogP contribution in [0.1, 0.15) is 18.4 Å². The lowest BCUT2D eigenvalue weighted by Crippen LogP contribution is -2.62. The number of carbonyl (C=O) groups is 3. The maximum Gasteiger partial charge on any atom is 0.330 e. The summed E-state index contributed by atoms with van der Waals surface area (Å²) < 4.78 is 10.2. The summed E-state index contributed by atoms with van der Waals surface area (Å²) in [5.74, 6) is -1.12. The predicted octanol–water partition coefficient (Wildman–Crippen LogP) is 3.61. The number of rotatable bonds is 8. The number of methoxy groups -OCH3 is 1. The number of ether oxygens (including phenoxy) is 2. The average Bonchev–Trinajstić information content (AvgIpc) is 3.16. The molecule has 2 heterocycles. The van der Waals surface area contributed by atoms with Gasteiger partial charge in [0, 0.05) is 22.3 Å². The number of thioether (sulfide) groups is 1. The van der Waals surface area contributed by atoms with Crippen LogP contribution in [0.4, 0.5) is 0 Å². The van der Waals surface area contributed by atoms with Crippen molar-refractivity contribution in [3.05, 3.63) is 78.4 Å². The molecule has 0 aliphatic carbocycles. The zero-order valence-electron chi connectivity index (χ0n) is 17.8. The average molecular weight is 452 g/mol. The third-order valence-electron chi connectivity index (χ3n) is 5.86. The standard InChI is InChI=1S/C25H25NO5S/c1-30-22(27)14-8-13-19-20-15-21(32-18-11-6-3-7-12-18)23(26(20)24(19)28)25(29)31-16-17-9-4-2-5-10-17/h2-12,14,19-21,23H,13,15-16H2,1H3/t19?,20?,21?,23-/m1/s1. The molecule has 2 aromatic carbocycles. The molecule has 2 fully saturated rings. The molecule has 4 atom stereocenters. The van der Waals surface area contributed by atoms with Crippen molar-refractivity contribution in [1.82, 2.24) is 4.90 Å². The largest absolute Gasteiger partial charge is 0.466 e. The van der Waals surface area contributed by atoms with Crippen molar-refractivity contribution in [2.24, 2.45) is 5.92 Å². The van der Waals surface area contributed by atoms with Gasteiger partial charge in [0.1, 0.15) is 12.6 Å². The van der Waals surface area contributed by atoms with E-state index < -0.39 is 12.0 Å². The first-order valence-corrected chi connectivity index (χ1v) is 11.5. The molecule has 3 unspecified atom stereocenters. The fourth-order valence-electron chi connectivity index (χ4n) is 4.30. The molecule has 0 aromatic heterocycles. The molecule has 2 saturated heterocycles. The highest BCUT2D eigenvalue weighted by atomic mass is 32.2. The van der Waals surface area contributed by atoms with Crippen molar-refractivity contribution < 1.29 is 23.9 Å². The Balaban J connectivity index is 1.48. The van der Waals surface area contributed by atoms with Crippen molar-refractivity contribution >= 4 is 29.6 Å². The van der Waals surface area contributed by atoms with Crippen LogP contribution in [0.2, 0.25) is 0 Å². The van der Waals surface area contributed by atoms with Crippen molar-refractivity contribution in [3.63, 3.8) is 0 Å². The fourth-order valence-corrected chi connectivity index (χ4v) is 5.63. The maximum absolute atomic E-state index is 13.1. The van der Waals surface area contributed by atoms with E-state index in [4.69, 9.17) is 4.74 Å². The van der Waals surface area contributed by atoms with Gasteiger partial charge in [-0.15, -0.1) is 11.8 Å². The summed E-state index contributed by atoms with van der Waals surface area (Å²) in [6.45, 7) is 0.177. The lowest BCUT2D eigenvalue weighted by molar-refractivity contribution is -0.166. The highest BCUT2D eigenvalue weighted by molar-refractivity contribution is 8.00. The Kier molecular flexibility index (Phi) is 6.95. The first-order chi connectivity index (χ1) is 15.6. The number of fused-ring (bicyclic) bond motifs is 1. The van der Waals surface area contributed by atoms with E-state index in [-0.39, 0.29) is 35.7 Å². The van der Waals surface area contributed by atoms with Gasteiger partial charge in [-0.05, 0) is 30.5 Å². The summed E-state index contributed by atoms with van der Waals surface area (Å²) in [5, 5.41) is -0.0933. The number of benzene rings is 2. The molecule has 2 aliphatic heterocycles. The number of amides is 1. The van der Waals surface area contributed by atoms with Gasteiger partial charge in [-0.25, -0.2) is 9.59 Å². The van der Waals surface area contributed by atoms with E-state index in [2.05, 4.69) is 4.74 Å². The summed E-state index contributed by atoms with van der Waals surface area (Å²) in [5.41, 5.74) is 0.906. The minimum absolute atomic E-state index is 0.0414. The van der Waals surface area contributed by atoms with Crippen LogP contribution in [0.15, 0.2) is 77.7 Å². The zero-order valence-corrected chi connectivity index (χ0v) is 18.6. The number of nitrogens with zero attached hydrogens (tertiary/aromatic N) is 1. The summed E-state index contributed by atoms with van der Waals surface area (Å²) in [6.07, 6.45) is 4.16. The molecule has 0 saturated carbocycles. The van der Waals surface area contributed by atoms with Gasteiger partial charge in [0.2, 0.25) is 5.91 Å². The molecular formula is C25H25NO5S. The normalized spacial score (nSPS) is 24.2. The molecular weight excluding hydrogens is 426 g/mol. The summed E-state index contributed by atoms with van der Waals surface area (Å²) >= 11 is 1.61. The number of hydrogen-bond donors (Lipinski definition) is 0. The lowest BCUT2D eigenvalue weighted by Gasteiger charge is -2.44. The molecule has 4 rings (SSSR count). The molecule has 32 heavy (non-hydrogen) atoms. The van der Waals surface area contributed by atoms with Crippen LogP contribution in [0, 0.1) is 5.92 Å². The van der Waals surface area contributed by atoms with E-state index in [1.165, 1.54) is 13.2 Å². The van der Waals surface area contributed by atoms with Gasteiger partial charge in [0.25, 0.3) is 0 Å². The third-order valence-corrected chi connectivity index (χ3v) is 7.16. The van der Waals surface area contributed by atoms with Crippen LogP contribution >= 0.6 is 11.8 Å². The quantitative estimate of drug-likeness (QED) is 0.347. The molecule has 7 heteroatoms. The second kappa shape index (κ2) is 10.0. The Morgan fingerprint density at radius 3 is 2.47 bits per heavy atom. The Morgan fingerprint density at radius 1 is 1.09 bits per heavy atom. The minimum atomic E-state index is -0.623. The van der Waals surface area contributed by atoms with Gasteiger partial charge in [-0.3, -0.25) is 4.79 Å². The van der Waals surface area contributed by atoms with Crippen LogP contribution in [0.5, 0.6) is 0 Å². The molecule has 0 N–H and O–H groups in total. The Bertz CT molecular complexity index is 994. The second-order valence-electron chi connectivity index (χ2n) is 7.82. The van der Waals surface area contributed by atoms with Gasteiger partial charge < -0.3 is 14.4 Å². The Morgan fingerprint density at radius 2 is 1.78 bits per heavy atom. The first-order valence-electron chi connectivity index (χ1n) is 10.6. The van der Waals surface area contributed by atoms with Crippen LogP contribution in [0.25, 0.3) is 0 Å². The van der Waals surface area contributed by atoms with E-state index in [1.807, 2.05) is 60.7 Å². The van der Waals surface area contributed by atoms with Crippen LogP contribution < -0.4 is 0 Å². The number of hydrogen-bond acceptors (Lipinski definition) is 6. The van der Waals surface area contributed by atoms with E-state index in [0.717, 1.165) is 10.5 Å². The summed E-state index contributed by atoms with van der Waals surface area (Å²) in [4.78, 5) is 40.1. The van der Waals surface area contributed by atoms with Gasteiger partial charge in [0.15, 0.2) is 0 Å². The topological polar surface area (TPSA) is 72.9 Å². The fraction of sp³-hybridized carbons (Fsp3) is 0.320. The number of β-lactam (4-membered cyclic amide) rings is 1. The summed E-state index contributed by atoms with van der Waals surface area (Å²) in [6, 6.07) is 18.7. The van der Waals surface area contributed by atoms with E-state index in [9.17, 15) is 14.4 Å². The highest BCUT2D eigenvalue weighted by Gasteiger charge is 2.59. The molecule has 166 valence electrons. The Labute approximate surface area is 191 Å². The first kappa shape index (κ1) is 22.1. The van der Waals surface area contributed by atoms with Gasteiger partial charge in [-0.2, -0.15) is 0 Å². The molecule has 2 aliphatic rings. The molecule has 0 bridgehead atoms. The van der Waals surface area contributed by atoms with Gasteiger partial charge in [0.05, 0.1) is 13.0 Å². The number of carbonyl (C=O) groups excluding carboxylic acids is 3. The molecule has 0 radical (unpaired) electrons. The highest BCUT2D eigenvalue weighted by Crippen LogP contribution is 2.47. The third kappa shape index (κ3) is 4.72. The molecule has 6 nitrogen and oxygen atoms in total. The number of allylic oxidation sites excluding steroid dienone is 1. The van der Waals surface area contributed by atoms with Crippen LogP contribution in [-0.2, 0) is 30.5 Å². The monoisotopic (exact) mass is 451 g/mol. The van der Waals surface area contributed by atoms with Gasteiger partial charge in [-0.1, -0.05) is 54.6 Å². The SMILES string of the molecule is COC(=O)C=CCC1C(=O)N2C1CC(Sc1ccccc1)[C@@H]2C(=O)OCc1ccccc1. The molecule has 2 aromatic rings. The van der Waals surface area contributed by atoms with Crippen molar-refractivity contribution in [3.8, 4) is 0 Å². The van der Waals surface area contributed by atoms with Crippen molar-refractivity contribution in [1.29, 1.82) is 0 Å². The van der Waals surface area contributed by atoms with Gasteiger partial charge >= 0.3 is 11.9 Å². The lowest BCUT2D eigenvalue weighted by atomic mass is 9.85. The molecule has 1 amide bonds. The van der Waals surface area contributed by atoms with Crippen molar-refractivity contribution in [2.45, 2.75) is 41.7 Å². The van der Waals surface area contributed by atoms with E-state index >= 15 is 0 Å². The molecule has 0 spiro atoms. The smallest absolute Gasteiger partial charge is 0.330 e. The number of esters is 2. The maximum atomic E-state index is 13.1. The van der Waals surface area contributed by atoms with E-state index in [1.54, 1.807) is 22.7 Å². The predicted molar refractivity (Wildman–Crippen MR) is 121 cm³/mol. The van der Waals surface area contributed by atoms with Crippen LogP contribution in [-0.4, -0.2) is 47.2 Å². The van der Waals surface area contributed by atoms with Crippen molar-refractivity contribution in [2.75, 3.05) is 7.11 Å². The second-order valence-corrected chi connectivity index (χ2v) is 9.14. The zero-order chi connectivity index (χ0) is 22.5. The summed E-state index contributed by atoms with van der Waals surface area (Å²) in [7, 11) is 1.32. The Hall–Kier alpha value is -3.06. The van der Waals surface area contributed by atoms with Crippen LogP contribution in [0.3, 0.4) is 0 Å². The minimum Gasteiger partial charge on any atom is -0.466 e. The van der Waals surface area contributed by atoms with E-state index in [0.29, 0.717) is 12.8 Å².